The zero-order chi connectivity index (χ0) is 19.1. The number of benzene rings is 2. The summed E-state index contributed by atoms with van der Waals surface area (Å²) in [5.41, 5.74) is 4.02. The van der Waals surface area contributed by atoms with Gasteiger partial charge in [0.15, 0.2) is 0 Å². The molecular weight excluding hydrogens is 428 g/mol. The molecule has 5 nitrogen and oxygen atoms in total. The average Bonchev–Trinajstić information content (AvgIpc) is 3.16. The molecule has 27 heavy (non-hydrogen) atoms. The maximum absolute atomic E-state index is 12.8. The zero-order valence-corrected chi connectivity index (χ0v) is 17.0. The van der Waals surface area contributed by atoms with Crippen molar-refractivity contribution >= 4 is 50.2 Å². The number of hydrogen-bond acceptors (Lipinski definition) is 2. The second kappa shape index (κ2) is 6.87. The lowest BCUT2D eigenvalue weighted by Gasteiger charge is -2.08. The van der Waals surface area contributed by atoms with Gasteiger partial charge in [0.05, 0.1) is 5.69 Å². The van der Waals surface area contributed by atoms with Gasteiger partial charge < -0.3 is 10.3 Å². The molecule has 0 saturated carbocycles. The topological polar surface area (TPSA) is 62.7 Å². The van der Waals surface area contributed by atoms with Crippen LogP contribution in [0.2, 0.25) is 5.02 Å². The molecule has 0 radical (unpaired) electrons. The van der Waals surface area contributed by atoms with E-state index < -0.39 is 0 Å². The molecule has 2 N–H and O–H groups in total. The van der Waals surface area contributed by atoms with Crippen LogP contribution >= 0.6 is 27.5 Å². The van der Waals surface area contributed by atoms with Gasteiger partial charge in [-0.1, -0.05) is 45.7 Å². The second-order valence-electron chi connectivity index (χ2n) is 6.31. The van der Waals surface area contributed by atoms with Gasteiger partial charge in [0.2, 0.25) is 0 Å². The van der Waals surface area contributed by atoms with Crippen molar-refractivity contribution in [3.05, 3.63) is 69.4 Å². The van der Waals surface area contributed by atoms with Gasteiger partial charge in [0.1, 0.15) is 11.5 Å². The number of anilines is 1. The largest absolute Gasteiger partial charge is 0.350 e. The monoisotopic (exact) mass is 442 g/mol. The van der Waals surface area contributed by atoms with Crippen LogP contribution in [0.5, 0.6) is 0 Å². The van der Waals surface area contributed by atoms with E-state index in [0.29, 0.717) is 16.5 Å². The number of halogens is 2. The summed E-state index contributed by atoms with van der Waals surface area (Å²) >= 11 is 9.47. The maximum atomic E-state index is 12.8. The van der Waals surface area contributed by atoms with Crippen LogP contribution in [-0.2, 0) is 7.05 Å². The first kappa shape index (κ1) is 17.8. The zero-order valence-electron chi connectivity index (χ0n) is 14.7. The lowest BCUT2D eigenvalue weighted by atomic mass is 10.1. The Balaban J connectivity index is 1.71. The number of aromatic amines is 1. The van der Waals surface area contributed by atoms with Crippen molar-refractivity contribution in [2.24, 2.45) is 7.05 Å². The molecular formula is C20H16BrClN4O. The smallest absolute Gasteiger partial charge is 0.273 e. The maximum Gasteiger partial charge on any atom is 0.273 e. The molecule has 1 amide bonds. The van der Waals surface area contributed by atoms with E-state index in [1.165, 1.54) is 0 Å². The quantitative estimate of drug-likeness (QED) is 0.436. The Morgan fingerprint density at radius 1 is 1.19 bits per heavy atom. The van der Waals surface area contributed by atoms with Gasteiger partial charge >= 0.3 is 0 Å². The molecule has 136 valence electrons. The molecule has 0 aliphatic rings. The summed E-state index contributed by atoms with van der Waals surface area (Å²) in [5, 5.41) is 9.01. The highest BCUT2D eigenvalue weighted by molar-refractivity contribution is 9.10. The summed E-state index contributed by atoms with van der Waals surface area (Å²) in [5.74, 6) is 0.417. The molecule has 2 aromatic heterocycles. The average molecular weight is 444 g/mol. The van der Waals surface area contributed by atoms with Crippen LogP contribution in [-0.4, -0.2) is 20.7 Å². The Labute approximate surface area is 169 Å². The molecule has 2 heterocycles. The number of fused-ring (bicyclic) bond motifs is 1. The first-order chi connectivity index (χ1) is 12.9. The number of aromatic nitrogens is 3. The Kier molecular flexibility index (Phi) is 4.53. The minimum Gasteiger partial charge on any atom is -0.350 e. The predicted molar refractivity (Wildman–Crippen MR) is 112 cm³/mol. The van der Waals surface area contributed by atoms with E-state index in [2.05, 4.69) is 31.3 Å². The highest BCUT2D eigenvalue weighted by atomic mass is 79.9. The Hall–Kier alpha value is -2.57. The minimum absolute atomic E-state index is 0.233. The van der Waals surface area contributed by atoms with Crippen molar-refractivity contribution < 1.29 is 4.79 Å². The number of H-pyrrole nitrogens is 1. The van der Waals surface area contributed by atoms with E-state index in [1.807, 2.05) is 50.4 Å². The highest BCUT2D eigenvalue weighted by Crippen LogP contribution is 2.32. The summed E-state index contributed by atoms with van der Waals surface area (Å²) in [4.78, 5) is 16.0. The van der Waals surface area contributed by atoms with Gasteiger partial charge in [-0.2, -0.15) is 5.10 Å². The SMILES string of the molecule is Cc1nn(C)c(NC(=O)c2cc3ccc(Cl)cc3[nH]2)c1-c1ccc(Br)cc1. The number of carbonyl (C=O) groups is 1. The van der Waals surface area contributed by atoms with Gasteiger partial charge in [-0.05, 0) is 42.8 Å². The predicted octanol–water partition coefficient (Wildman–Crippen LogP) is 5.55. The van der Waals surface area contributed by atoms with Crippen LogP contribution in [0, 0.1) is 6.92 Å². The van der Waals surface area contributed by atoms with E-state index in [9.17, 15) is 4.79 Å². The second-order valence-corrected chi connectivity index (χ2v) is 7.66. The molecule has 4 aromatic rings. The van der Waals surface area contributed by atoms with Crippen molar-refractivity contribution in [1.82, 2.24) is 14.8 Å². The van der Waals surface area contributed by atoms with E-state index in [0.717, 1.165) is 32.2 Å². The first-order valence-electron chi connectivity index (χ1n) is 8.31. The first-order valence-corrected chi connectivity index (χ1v) is 9.48. The third kappa shape index (κ3) is 3.38. The van der Waals surface area contributed by atoms with Crippen molar-refractivity contribution in [3.8, 4) is 11.1 Å². The normalized spacial score (nSPS) is 11.1. The molecule has 7 heteroatoms. The minimum atomic E-state index is -0.233. The van der Waals surface area contributed by atoms with Gasteiger partial charge in [-0.3, -0.25) is 9.48 Å². The van der Waals surface area contributed by atoms with E-state index in [-0.39, 0.29) is 5.91 Å². The number of amides is 1. The van der Waals surface area contributed by atoms with Crippen LogP contribution in [0.4, 0.5) is 5.82 Å². The third-order valence-electron chi connectivity index (χ3n) is 4.42. The molecule has 0 fully saturated rings. The van der Waals surface area contributed by atoms with Crippen molar-refractivity contribution in [2.45, 2.75) is 6.92 Å². The van der Waals surface area contributed by atoms with E-state index in [1.54, 1.807) is 16.8 Å². The molecule has 0 bridgehead atoms. The van der Waals surface area contributed by atoms with Crippen LogP contribution < -0.4 is 5.32 Å². The number of aryl methyl sites for hydroxylation is 2. The number of nitrogens with one attached hydrogen (secondary N) is 2. The fourth-order valence-corrected chi connectivity index (χ4v) is 3.60. The molecule has 0 spiro atoms. The van der Waals surface area contributed by atoms with E-state index in [4.69, 9.17) is 11.6 Å². The van der Waals surface area contributed by atoms with E-state index >= 15 is 0 Å². The lowest BCUT2D eigenvalue weighted by molar-refractivity contribution is 0.102. The number of carbonyl (C=O) groups excluding carboxylic acids is 1. The number of nitrogens with zero attached hydrogens (tertiary/aromatic N) is 2. The van der Waals surface area contributed by atoms with Gasteiger partial charge in [-0.15, -0.1) is 0 Å². The molecule has 0 aliphatic heterocycles. The van der Waals surface area contributed by atoms with Crippen LogP contribution in [0.15, 0.2) is 53.0 Å². The third-order valence-corrected chi connectivity index (χ3v) is 5.18. The summed E-state index contributed by atoms with van der Waals surface area (Å²) in [7, 11) is 1.82. The molecule has 0 atom stereocenters. The fourth-order valence-electron chi connectivity index (χ4n) is 3.16. The Bertz CT molecular complexity index is 1160. The fraction of sp³-hybridized carbons (Fsp3) is 0.100. The van der Waals surface area contributed by atoms with Crippen molar-refractivity contribution in [2.75, 3.05) is 5.32 Å². The molecule has 4 rings (SSSR count). The standard InChI is InChI=1S/C20H16BrClN4O/c1-11-18(12-3-6-14(21)7-4-12)19(26(2)25-11)24-20(27)17-9-13-5-8-15(22)10-16(13)23-17/h3-10,23H,1-2H3,(H,24,27). The Morgan fingerprint density at radius 2 is 1.93 bits per heavy atom. The summed E-state index contributed by atoms with van der Waals surface area (Å²) < 4.78 is 2.68. The van der Waals surface area contributed by atoms with Crippen molar-refractivity contribution in [1.29, 1.82) is 0 Å². The van der Waals surface area contributed by atoms with Crippen molar-refractivity contribution in [3.63, 3.8) is 0 Å². The molecule has 0 saturated heterocycles. The number of rotatable bonds is 3. The molecule has 0 unspecified atom stereocenters. The van der Waals surface area contributed by atoms with Gasteiger partial charge in [0, 0.05) is 33.0 Å². The van der Waals surface area contributed by atoms with Gasteiger partial charge in [-0.25, -0.2) is 0 Å². The molecule has 2 aromatic carbocycles. The Morgan fingerprint density at radius 3 is 2.67 bits per heavy atom. The summed E-state index contributed by atoms with van der Waals surface area (Å²) in [6.45, 7) is 1.93. The molecule has 0 aliphatic carbocycles. The summed E-state index contributed by atoms with van der Waals surface area (Å²) in [6, 6.07) is 15.2. The van der Waals surface area contributed by atoms with Crippen LogP contribution in [0.25, 0.3) is 22.0 Å². The lowest BCUT2D eigenvalue weighted by Crippen LogP contribution is -2.15. The highest BCUT2D eigenvalue weighted by Gasteiger charge is 2.19. The number of hydrogen-bond donors (Lipinski definition) is 2. The summed E-state index contributed by atoms with van der Waals surface area (Å²) in [6.07, 6.45) is 0. The van der Waals surface area contributed by atoms with Crippen LogP contribution in [0.1, 0.15) is 16.2 Å². The van der Waals surface area contributed by atoms with Gasteiger partial charge in [0.25, 0.3) is 5.91 Å². The van der Waals surface area contributed by atoms with Crippen LogP contribution in [0.3, 0.4) is 0 Å².